The van der Waals surface area contributed by atoms with Crippen LogP contribution in [0.4, 0.5) is 13.2 Å². The van der Waals surface area contributed by atoms with Crippen molar-refractivity contribution >= 4 is 0 Å². The lowest BCUT2D eigenvalue weighted by Gasteiger charge is -2.37. The molecule has 0 heterocycles. The summed E-state index contributed by atoms with van der Waals surface area (Å²) < 4.78 is 38.6. The zero-order chi connectivity index (χ0) is 15.7. The van der Waals surface area contributed by atoms with E-state index in [0.29, 0.717) is 11.5 Å². The van der Waals surface area contributed by atoms with Gasteiger partial charge in [-0.25, -0.2) is 0 Å². The summed E-state index contributed by atoms with van der Waals surface area (Å²) in [5, 5.41) is 0. The highest BCUT2D eigenvalue weighted by atomic mass is 19.4. The summed E-state index contributed by atoms with van der Waals surface area (Å²) >= 11 is 0. The third kappa shape index (κ3) is 3.60. The Morgan fingerprint density at radius 3 is 2.33 bits per heavy atom. The topological polar surface area (TPSA) is 26.0 Å². The monoisotopic (exact) mass is 299 g/mol. The normalized spacial score (nSPS) is 20.0. The van der Waals surface area contributed by atoms with E-state index in [1.54, 1.807) is 6.07 Å². The molecule has 4 heteroatoms. The van der Waals surface area contributed by atoms with Gasteiger partial charge >= 0.3 is 6.18 Å². The number of benzene rings is 1. The fourth-order valence-corrected chi connectivity index (χ4v) is 3.80. The van der Waals surface area contributed by atoms with Gasteiger partial charge in [-0.2, -0.15) is 13.2 Å². The highest BCUT2D eigenvalue weighted by molar-refractivity contribution is 5.29. The van der Waals surface area contributed by atoms with Crippen LogP contribution in [0.3, 0.4) is 0 Å². The van der Waals surface area contributed by atoms with Gasteiger partial charge in [0.2, 0.25) is 0 Å². The Morgan fingerprint density at radius 1 is 1.19 bits per heavy atom. The molecule has 1 atom stereocenters. The maximum atomic E-state index is 12.9. The molecule has 0 spiro atoms. The predicted molar refractivity (Wildman–Crippen MR) is 78.7 cm³/mol. The van der Waals surface area contributed by atoms with E-state index in [2.05, 4.69) is 13.8 Å². The third-order valence-electron chi connectivity index (χ3n) is 4.65. The van der Waals surface area contributed by atoms with Crippen LogP contribution >= 0.6 is 0 Å². The van der Waals surface area contributed by atoms with Gasteiger partial charge in [-0.15, -0.1) is 0 Å². The second-order valence-corrected chi connectivity index (χ2v) is 6.77. The van der Waals surface area contributed by atoms with Crippen molar-refractivity contribution in [1.29, 1.82) is 0 Å². The highest BCUT2D eigenvalue weighted by Gasteiger charge is 2.41. The van der Waals surface area contributed by atoms with Gasteiger partial charge in [0.05, 0.1) is 5.56 Å². The summed E-state index contributed by atoms with van der Waals surface area (Å²) in [5.74, 6) is 0.500. The molecule has 1 fully saturated rings. The lowest BCUT2D eigenvalue weighted by atomic mass is 9.70. The van der Waals surface area contributed by atoms with Gasteiger partial charge in [0.25, 0.3) is 0 Å². The number of hydrogen-bond donors (Lipinski definition) is 1. The summed E-state index contributed by atoms with van der Waals surface area (Å²) in [4.78, 5) is 0. The average molecular weight is 299 g/mol. The van der Waals surface area contributed by atoms with Crippen LogP contribution in [0.15, 0.2) is 24.3 Å². The van der Waals surface area contributed by atoms with Crippen LogP contribution in [-0.2, 0) is 6.18 Å². The minimum absolute atomic E-state index is 0.0433. The Labute approximate surface area is 124 Å². The molecular weight excluding hydrogens is 275 g/mol. The van der Waals surface area contributed by atoms with Crippen molar-refractivity contribution < 1.29 is 13.2 Å². The molecule has 2 rings (SSSR count). The van der Waals surface area contributed by atoms with E-state index in [4.69, 9.17) is 5.73 Å². The molecular formula is C17H24F3N. The van der Waals surface area contributed by atoms with E-state index < -0.39 is 11.7 Å². The maximum absolute atomic E-state index is 12.9. The number of halogens is 3. The van der Waals surface area contributed by atoms with Gasteiger partial charge in [0.15, 0.2) is 0 Å². The van der Waals surface area contributed by atoms with E-state index in [0.717, 1.165) is 38.2 Å². The van der Waals surface area contributed by atoms with E-state index in [1.807, 2.05) is 0 Å². The first-order valence-electron chi connectivity index (χ1n) is 7.67. The van der Waals surface area contributed by atoms with E-state index in [-0.39, 0.29) is 11.5 Å². The predicted octanol–water partition coefficient (Wildman–Crippen LogP) is 5.31. The van der Waals surface area contributed by atoms with E-state index in [9.17, 15) is 13.2 Å². The molecule has 0 bridgehead atoms. The van der Waals surface area contributed by atoms with Crippen LogP contribution in [0.1, 0.15) is 63.1 Å². The van der Waals surface area contributed by atoms with Crippen LogP contribution in [0.5, 0.6) is 0 Å². The minimum Gasteiger partial charge on any atom is -0.323 e. The quantitative estimate of drug-likeness (QED) is 0.801. The van der Waals surface area contributed by atoms with Gasteiger partial charge in [-0.3, -0.25) is 0 Å². The molecule has 0 amide bonds. The Morgan fingerprint density at radius 2 is 1.81 bits per heavy atom. The van der Waals surface area contributed by atoms with E-state index in [1.165, 1.54) is 12.1 Å². The number of rotatable bonds is 4. The van der Waals surface area contributed by atoms with Crippen molar-refractivity contribution in [1.82, 2.24) is 0 Å². The molecule has 1 aliphatic carbocycles. The zero-order valence-corrected chi connectivity index (χ0v) is 12.7. The molecule has 1 aromatic rings. The Kier molecular flexibility index (Phi) is 4.66. The first-order valence-corrected chi connectivity index (χ1v) is 7.67. The molecule has 0 saturated heterocycles. The zero-order valence-electron chi connectivity index (χ0n) is 12.7. The lowest BCUT2D eigenvalue weighted by Crippen LogP contribution is -2.33. The van der Waals surface area contributed by atoms with Gasteiger partial charge < -0.3 is 5.73 Å². The second-order valence-electron chi connectivity index (χ2n) is 6.77. The highest BCUT2D eigenvalue weighted by Crippen LogP contribution is 2.50. The summed E-state index contributed by atoms with van der Waals surface area (Å²) in [7, 11) is 0. The van der Waals surface area contributed by atoms with Gasteiger partial charge in [-0.1, -0.05) is 38.8 Å². The summed E-state index contributed by atoms with van der Waals surface area (Å²) in [6.45, 7) is 4.30. The van der Waals surface area contributed by atoms with E-state index >= 15 is 0 Å². The van der Waals surface area contributed by atoms with Crippen LogP contribution < -0.4 is 5.73 Å². The molecule has 1 aromatic carbocycles. The van der Waals surface area contributed by atoms with Crippen molar-refractivity contribution in [3.05, 3.63) is 35.4 Å². The standard InChI is InChI=1S/C17H24F3N/c1-12(2)11-16(8-3-4-9-16)15(21)13-6-5-7-14(10-13)17(18,19)20/h5-7,10,12,15H,3-4,8-9,11,21H2,1-2H3. The summed E-state index contributed by atoms with van der Waals surface area (Å²) in [5.41, 5.74) is 6.40. The Hall–Kier alpha value is -1.03. The maximum Gasteiger partial charge on any atom is 0.416 e. The van der Waals surface area contributed by atoms with Crippen molar-refractivity contribution in [2.75, 3.05) is 0 Å². The van der Waals surface area contributed by atoms with Crippen LogP contribution in [-0.4, -0.2) is 0 Å². The summed E-state index contributed by atoms with van der Waals surface area (Å²) in [6, 6.07) is 5.23. The molecule has 0 radical (unpaired) electrons. The average Bonchev–Trinajstić information content (AvgIpc) is 2.86. The van der Waals surface area contributed by atoms with Crippen molar-refractivity contribution in [3.63, 3.8) is 0 Å². The fraction of sp³-hybridized carbons (Fsp3) is 0.647. The number of hydrogen-bond acceptors (Lipinski definition) is 1. The third-order valence-corrected chi connectivity index (χ3v) is 4.65. The number of nitrogens with two attached hydrogens (primary N) is 1. The largest absolute Gasteiger partial charge is 0.416 e. The molecule has 1 aliphatic rings. The van der Waals surface area contributed by atoms with Crippen LogP contribution in [0.2, 0.25) is 0 Å². The molecule has 21 heavy (non-hydrogen) atoms. The molecule has 0 aliphatic heterocycles. The van der Waals surface area contributed by atoms with Crippen LogP contribution in [0.25, 0.3) is 0 Å². The molecule has 118 valence electrons. The molecule has 2 N–H and O–H groups in total. The number of alkyl halides is 3. The van der Waals surface area contributed by atoms with Gasteiger partial charge in [-0.05, 0) is 48.3 Å². The van der Waals surface area contributed by atoms with Crippen LogP contribution in [0, 0.1) is 11.3 Å². The minimum atomic E-state index is -4.31. The summed E-state index contributed by atoms with van der Waals surface area (Å²) in [6.07, 6.45) is 0.949. The van der Waals surface area contributed by atoms with Crippen molar-refractivity contribution in [2.45, 2.75) is 58.2 Å². The lowest BCUT2D eigenvalue weighted by molar-refractivity contribution is -0.137. The first-order chi connectivity index (χ1) is 9.74. The molecule has 1 nitrogen and oxygen atoms in total. The fourth-order valence-electron chi connectivity index (χ4n) is 3.80. The molecule has 0 aromatic heterocycles. The smallest absolute Gasteiger partial charge is 0.323 e. The molecule has 1 unspecified atom stereocenters. The second kappa shape index (κ2) is 5.99. The SMILES string of the molecule is CC(C)CC1(C(N)c2cccc(C(F)(F)F)c2)CCCC1. The van der Waals surface area contributed by atoms with Crippen molar-refractivity contribution in [3.8, 4) is 0 Å². The Balaban J connectivity index is 2.31. The van der Waals surface area contributed by atoms with Gasteiger partial charge in [0.1, 0.15) is 0 Å². The first kappa shape index (κ1) is 16.3. The van der Waals surface area contributed by atoms with Crippen molar-refractivity contribution in [2.24, 2.45) is 17.1 Å². The molecule has 1 saturated carbocycles. The Bertz CT molecular complexity index is 473. The van der Waals surface area contributed by atoms with Gasteiger partial charge in [0, 0.05) is 6.04 Å².